The highest BCUT2D eigenvalue weighted by Gasteiger charge is 2.48. The summed E-state index contributed by atoms with van der Waals surface area (Å²) in [5, 5.41) is 0. The summed E-state index contributed by atoms with van der Waals surface area (Å²) in [6, 6.07) is 45.2. The Morgan fingerprint density at radius 1 is 0.512 bits per heavy atom. The van der Waals surface area contributed by atoms with Gasteiger partial charge in [0, 0.05) is 22.6 Å². The smallest absolute Gasteiger partial charge is 0.164 e. The molecule has 0 saturated heterocycles. The predicted molar refractivity (Wildman–Crippen MR) is 175 cm³/mol. The molecule has 0 amide bonds. The zero-order valence-corrected chi connectivity index (χ0v) is 24.5. The summed E-state index contributed by atoms with van der Waals surface area (Å²) < 4.78 is 0. The van der Waals surface area contributed by atoms with Gasteiger partial charge in [-0.05, 0) is 63.6 Å². The Bertz CT molecular complexity index is 1940. The first kappa shape index (κ1) is 25.8. The Hall–Kier alpha value is -4.89. The van der Waals surface area contributed by atoms with Crippen molar-refractivity contribution in [3.63, 3.8) is 0 Å². The van der Waals surface area contributed by atoms with Crippen molar-refractivity contribution in [2.45, 2.75) is 38.0 Å². The Morgan fingerprint density at radius 3 is 1.72 bits per heavy atom. The molecule has 0 bridgehead atoms. The molecular weight excluding hydrogens is 522 g/mol. The van der Waals surface area contributed by atoms with Crippen molar-refractivity contribution in [3.05, 3.63) is 150 Å². The van der Waals surface area contributed by atoms with Crippen molar-refractivity contribution in [3.8, 4) is 45.3 Å². The average molecular weight is 556 g/mol. The van der Waals surface area contributed by atoms with Gasteiger partial charge in [-0.2, -0.15) is 0 Å². The minimum absolute atomic E-state index is 0.0644. The van der Waals surface area contributed by atoms with E-state index < -0.39 is 0 Å². The van der Waals surface area contributed by atoms with Crippen LogP contribution in [0.15, 0.2) is 127 Å². The highest BCUT2D eigenvalue weighted by atomic mass is 15.0. The molecular formula is C40H33N3. The SMILES string of the molecule is CC1(C)c2cc(-c3nc(-c4ccccc4)nc(-c4ccc(-c5ccccc5)cc4)n3)ccc2C2c3ccccc3CCC21. The molecule has 0 aliphatic heterocycles. The molecule has 0 radical (unpaired) electrons. The van der Waals surface area contributed by atoms with Crippen molar-refractivity contribution >= 4 is 0 Å². The molecule has 1 aromatic heterocycles. The largest absolute Gasteiger partial charge is 0.208 e. The van der Waals surface area contributed by atoms with E-state index in [2.05, 4.69) is 117 Å². The zero-order valence-electron chi connectivity index (χ0n) is 24.5. The second kappa shape index (κ2) is 10.1. The standard InChI is InChI=1S/C40H33N3/c1-40(2)34-24-22-28-13-9-10-16-32(28)36(34)33-23-21-31(25-35(33)40)39-42-37(29-14-7-4-8-15-29)41-38(43-39)30-19-17-27(18-20-30)26-11-5-3-6-12-26/h3-21,23,25,34,36H,22,24H2,1-2H3. The molecule has 8 rings (SSSR count). The lowest BCUT2D eigenvalue weighted by molar-refractivity contribution is 0.291. The minimum Gasteiger partial charge on any atom is -0.208 e. The molecule has 3 heteroatoms. The summed E-state index contributed by atoms with van der Waals surface area (Å²) in [5.74, 6) is 3.12. The fourth-order valence-electron chi connectivity index (χ4n) is 7.44. The van der Waals surface area contributed by atoms with Crippen LogP contribution >= 0.6 is 0 Å². The maximum Gasteiger partial charge on any atom is 0.164 e. The third-order valence-electron chi connectivity index (χ3n) is 9.70. The number of nitrogens with zero attached hydrogens (tertiary/aromatic N) is 3. The van der Waals surface area contributed by atoms with Crippen molar-refractivity contribution in [1.29, 1.82) is 0 Å². The topological polar surface area (TPSA) is 38.7 Å². The van der Waals surface area contributed by atoms with Crippen LogP contribution in [-0.2, 0) is 11.8 Å². The van der Waals surface area contributed by atoms with Crippen molar-refractivity contribution in [2.75, 3.05) is 0 Å². The van der Waals surface area contributed by atoms with Crippen molar-refractivity contribution in [2.24, 2.45) is 5.92 Å². The Balaban J connectivity index is 1.24. The van der Waals surface area contributed by atoms with Gasteiger partial charge in [0.05, 0.1) is 0 Å². The van der Waals surface area contributed by atoms with Gasteiger partial charge in [-0.15, -0.1) is 0 Å². The molecule has 2 unspecified atom stereocenters. The first-order valence-corrected chi connectivity index (χ1v) is 15.3. The fraction of sp³-hybridized carbons (Fsp3) is 0.175. The van der Waals surface area contributed by atoms with Crippen LogP contribution in [0.1, 0.15) is 48.4 Å². The average Bonchev–Trinajstić information content (AvgIpc) is 3.31. The molecule has 6 aromatic rings. The summed E-state index contributed by atoms with van der Waals surface area (Å²) in [7, 11) is 0. The summed E-state index contributed by atoms with van der Waals surface area (Å²) in [5.41, 5.74) is 11.3. The van der Waals surface area contributed by atoms with Crippen LogP contribution in [0.3, 0.4) is 0 Å². The molecule has 2 aliphatic carbocycles. The van der Waals surface area contributed by atoms with E-state index in [0.717, 1.165) is 23.1 Å². The summed E-state index contributed by atoms with van der Waals surface area (Å²) >= 11 is 0. The zero-order chi connectivity index (χ0) is 29.0. The van der Waals surface area contributed by atoms with E-state index in [0.29, 0.717) is 29.3 Å². The van der Waals surface area contributed by atoms with E-state index in [9.17, 15) is 0 Å². The lowest BCUT2D eigenvalue weighted by Crippen LogP contribution is -2.29. The first-order valence-electron chi connectivity index (χ1n) is 15.3. The van der Waals surface area contributed by atoms with Crippen LogP contribution in [0.5, 0.6) is 0 Å². The van der Waals surface area contributed by atoms with Crippen LogP contribution in [-0.4, -0.2) is 15.0 Å². The van der Waals surface area contributed by atoms with Crippen LogP contribution in [0.25, 0.3) is 45.3 Å². The lowest BCUT2D eigenvalue weighted by atomic mass is 9.68. The van der Waals surface area contributed by atoms with E-state index in [1.807, 2.05) is 24.3 Å². The molecule has 208 valence electrons. The van der Waals surface area contributed by atoms with Gasteiger partial charge >= 0.3 is 0 Å². The molecule has 1 heterocycles. The summed E-state index contributed by atoms with van der Waals surface area (Å²) in [6.45, 7) is 4.85. The van der Waals surface area contributed by atoms with E-state index in [1.54, 1.807) is 0 Å². The van der Waals surface area contributed by atoms with Gasteiger partial charge in [-0.3, -0.25) is 0 Å². The maximum absolute atomic E-state index is 5.08. The molecule has 0 saturated carbocycles. The van der Waals surface area contributed by atoms with Gasteiger partial charge in [-0.1, -0.05) is 135 Å². The molecule has 2 atom stereocenters. The highest BCUT2D eigenvalue weighted by Crippen LogP contribution is 2.57. The van der Waals surface area contributed by atoms with Gasteiger partial charge in [-0.25, -0.2) is 15.0 Å². The number of fused-ring (bicyclic) bond motifs is 5. The number of hydrogen-bond acceptors (Lipinski definition) is 3. The third-order valence-corrected chi connectivity index (χ3v) is 9.70. The van der Waals surface area contributed by atoms with Crippen LogP contribution in [0, 0.1) is 5.92 Å². The highest BCUT2D eigenvalue weighted by molar-refractivity contribution is 5.71. The second-order valence-corrected chi connectivity index (χ2v) is 12.5. The number of hydrogen-bond donors (Lipinski definition) is 0. The monoisotopic (exact) mass is 555 g/mol. The lowest BCUT2D eigenvalue weighted by Gasteiger charge is -2.36. The molecule has 0 fully saturated rings. The summed E-state index contributed by atoms with van der Waals surface area (Å²) in [4.78, 5) is 15.1. The Kier molecular flexibility index (Phi) is 6.08. The summed E-state index contributed by atoms with van der Waals surface area (Å²) in [6.07, 6.45) is 2.37. The van der Waals surface area contributed by atoms with Crippen molar-refractivity contribution in [1.82, 2.24) is 15.0 Å². The molecule has 0 spiro atoms. The van der Waals surface area contributed by atoms with Crippen LogP contribution in [0.4, 0.5) is 0 Å². The van der Waals surface area contributed by atoms with Gasteiger partial charge in [0.2, 0.25) is 0 Å². The minimum atomic E-state index is 0.0644. The van der Waals surface area contributed by atoms with Gasteiger partial charge in [0.1, 0.15) is 0 Å². The quantitative estimate of drug-likeness (QED) is 0.217. The van der Waals surface area contributed by atoms with E-state index in [-0.39, 0.29) is 5.41 Å². The van der Waals surface area contributed by atoms with Crippen molar-refractivity contribution < 1.29 is 0 Å². The molecule has 5 aromatic carbocycles. The molecule has 0 N–H and O–H groups in total. The molecule has 43 heavy (non-hydrogen) atoms. The predicted octanol–water partition coefficient (Wildman–Crippen LogP) is 9.53. The number of rotatable bonds is 4. The first-order chi connectivity index (χ1) is 21.1. The number of aromatic nitrogens is 3. The maximum atomic E-state index is 5.08. The Labute approximate surface area is 253 Å². The number of benzene rings is 5. The van der Waals surface area contributed by atoms with Crippen LogP contribution in [0.2, 0.25) is 0 Å². The van der Waals surface area contributed by atoms with Gasteiger partial charge in [0.15, 0.2) is 17.5 Å². The third kappa shape index (κ3) is 4.39. The van der Waals surface area contributed by atoms with Gasteiger partial charge in [0.25, 0.3) is 0 Å². The van der Waals surface area contributed by atoms with E-state index >= 15 is 0 Å². The van der Waals surface area contributed by atoms with E-state index in [4.69, 9.17) is 15.0 Å². The second-order valence-electron chi connectivity index (χ2n) is 12.5. The number of aryl methyl sites for hydroxylation is 1. The fourth-order valence-corrected chi connectivity index (χ4v) is 7.44. The van der Waals surface area contributed by atoms with E-state index in [1.165, 1.54) is 39.8 Å². The van der Waals surface area contributed by atoms with Crippen LogP contribution < -0.4 is 0 Å². The molecule has 2 aliphatic rings. The van der Waals surface area contributed by atoms with Gasteiger partial charge < -0.3 is 0 Å². The Morgan fingerprint density at radius 2 is 1.02 bits per heavy atom. The normalized spacial score (nSPS) is 18.0. The molecule has 3 nitrogen and oxygen atoms in total.